The maximum Gasteiger partial charge on any atom is 0.355 e. The first-order chi connectivity index (χ1) is 12.0. The summed E-state index contributed by atoms with van der Waals surface area (Å²) in [6.45, 7) is 0. The van der Waals surface area contributed by atoms with Gasteiger partial charge in [-0.15, -0.1) is 0 Å². The molecule has 1 aliphatic rings. The standard InChI is InChI=1S/C17H11BrClNO5/c18-12-7-2-1-6-11(12)15(22)24-17-14(13(19)16(23)25-17)20-9-4-3-5-10(21)8-9/h1-8,17,20-21H. The number of rotatable bonds is 4. The van der Waals surface area contributed by atoms with E-state index in [-0.39, 0.29) is 22.0 Å². The van der Waals surface area contributed by atoms with Crippen molar-refractivity contribution in [2.24, 2.45) is 0 Å². The van der Waals surface area contributed by atoms with Gasteiger partial charge >= 0.3 is 11.9 Å². The molecule has 0 saturated carbocycles. The Bertz CT molecular complexity index is 883. The van der Waals surface area contributed by atoms with Gasteiger partial charge in [0.25, 0.3) is 6.29 Å². The van der Waals surface area contributed by atoms with E-state index in [0.29, 0.717) is 10.2 Å². The van der Waals surface area contributed by atoms with E-state index in [9.17, 15) is 14.7 Å². The number of aromatic hydroxyl groups is 1. The van der Waals surface area contributed by atoms with Gasteiger partial charge in [-0.3, -0.25) is 0 Å². The van der Waals surface area contributed by atoms with Crippen LogP contribution in [0.2, 0.25) is 0 Å². The molecule has 1 atom stereocenters. The number of carbonyl (C=O) groups is 2. The zero-order valence-corrected chi connectivity index (χ0v) is 14.9. The summed E-state index contributed by atoms with van der Waals surface area (Å²) in [6.07, 6.45) is -1.32. The van der Waals surface area contributed by atoms with Crippen LogP contribution < -0.4 is 5.32 Å². The number of cyclic esters (lactones) is 1. The number of carbonyl (C=O) groups excluding carboxylic acids is 2. The molecule has 8 heteroatoms. The molecule has 0 spiro atoms. The average molecular weight is 425 g/mol. The molecule has 0 amide bonds. The van der Waals surface area contributed by atoms with Gasteiger partial charge in [0, 0.05) is 16.2 Å². The van der Waals surface area contributed by atoms with Gasteiger partial charge in [0.15, 0.2) is 5.03 Å². The first kappa shape index (κ1) is 17.3. The van der Waals surface area contributed by atoms with E-state index in [0.717, 1.165) is 0 Å². The van der Waals surface area contributed by atoms with Gasteiger partial charge in [-0.25, -0.2) is 9.59 Å². The molecule has 128 valence electrons. The summed E-state index contributed by atoms with van der Waals surface area (Å²) < 4.78 is 10.8. The van der Waals surface area contributed by atoms with Gasteiger partial charge in [0.2, 0.25) is 0 Å². The van der Waals surface area contributed by atoms with Gasteiger partial charge in [0.05, 0.1) is 5.56 Å². The molecular weight excluding hydrogens is 414 g/mol. The zero-order chi connectivity index (χ0) is 18.0. The fourth-order valence-electron chi connectivity index (χ4n) is 2.14. The molecule has 1 aliphatic heterocycles. The van der Waals surface area contributed by atoms with Crippen molar-refractivity contribution in [3.05, 3.63) is 69.3 Å². The molecule has 0 bridgehead atoms. The average Bonchev–Trinajstić information content (AvgIpc) is 2.83. The van der Waals surface area contributed by atoms with E-state index in [1.807, 2.05) is 0 Å². The molecule has 1 unspecified atom stereocenters. The SMILES string of the molecule is O=C1OC(OC(=O)c2ccccc2Br)C(Nc2cccc(O)c2)=C1Cl. The molecule has 2 aromatic rings. The lowest BCUT2D eigenvalue weighted by Gasteiger charge is -2.16. The molecule has 0 aromatic heterocycles. The van der Waals surface area contributed by atoms with Crippen LogP contribution in [0.4, 0.5) is 5.69 Å². The van der Waals surface area contributed by atoms with E-state index in [1.165, 1.54) is 12.1 Å². The van der Waals surface area contributed by atoms with Crippen molar-refractivity contribution >= 4 is 45.2 Å². The Morgan fingerprint density at radius 2 is 2.00 bits per heavy atom. The van der Waals surface area contributed by atoms with Crippen molar-refractivity contribution in [1.82, 2.24) is 0 Å². The molecule has 6 nitrogen and oxygen atoms in total. The second-order valence-corrected chi connectivity index (χ2v) is 6.26. The smallest absolute Gasteiger partial charge is 0.355 e. The second kappa shape index (κ2) is 7.16. The number of nitrogens with one attached hydrogen (secondary N) is 1. The van der Waals surface area contributed by atoms with Gasteiger partial charge < -0.3 is 19.9 Å². The quantitative estimate of drug-likeness (QED) is 0.727. The van der Waals surface area contributed by atoms with Crippen molar-refractivity contribution in [2.45, 2.75) is 6.29 Å². The molecule has 0 aliphatic carbocycles. The third-order valence-corrected chi connectivity index (χ3v) is 4.35. The lowest BCUT2D eigenvalue weighted by Crippen LogP contribution is -2.24. The van der Waals surface area contributed by atoms with Crippen LogP contribution in [0.25, 0.3) is 0 Å². The van der Waals surface area contributed by atoms with E-state index < -0.39 is 18.2 Å². The first-order valence-electron chi connectivity index (χ1n) is 7.08. The van der Waals surface area contributed by atoms with Crippen molar-refractivity contribution in [3.63, 3.8) is 0 Å². The van der Waals surface area contributed by atoms with Crippen molar-refractivity contribution < 1.29 is 24.2 Å². The maximum absolute atomic E-state index is 12.3. The molecule has 0 saturated heterocycles. The fraction of sp³-hybridized carbons (Fsp3) is 0.0588. The molecule has 0 fully saturated rings. The van der Waals surface area contributed by atoms with Gasteiger partial charge in [0.1, 0.15) is 11.4 Å². The summed E-state index contributed by atoms with van der Waals surface area (Å²) in [5.74, 6) is -1.48. The summed E-state index contributed by atoms with van der Waals surface area (Å²) in [6, 6.07) is 12.8. The van der Waals surface area contributed by atoms with E-state index in [4.69, 9.17) is 21.1 Å². The van der Waals surface area contributed by atoms with Crippen LogP contribution in [0.15, 0.2) is 63.7 Å². The Morgan fingerprint density at radius 1 is 1.24 bits per heavy atom. The molecule has 0 radical (unpaired) electrons. The van der Waals surface area contributed by atoms with Gasteiger partial charge in [-0.05, 0) is 40.2 Å². The number of hydrogen-bond acceptors (Lipinski definition) is 6. The van der Waals surface area contributed by atoms with Crippen LogP contribution in [0.1, 0.15) is 10.4 Å². The van der Waals surface area contributed by atoms with Crippen LogP contribution in [-0.2, 0) is 14.3 Å². The fourth-order valence-corrected chi connectivity index (χ4v) is 2.77. The number of esters is 2. The minimum Gasteiger partial charge on any atom is -0.508 e. The minimum atomic E-state index is -1.32. The summed E-state index contributed by atoms with van der Waals surface area (Å²) in [4.78, 5) is 24.0. The zero-order valence-electron chi connectivity index (χ0n) is 12.5. The largest absolute Gasteiger partial charge is 0.508 e. The highest BCUT2D eigenvalue weighted by Gasteiger charge is 2.37. The molecule has 2 N–H and O–H groups in total. The molecule has 3 rings (SSSR count). The van der Waals surface area contributed by atoms with Gasteiger partial charge in [-0.2, -0.15) is 0 Å². The Morgan fingerprint density at radius 3 is 2.72 bits per heavy atom. The highest BCUT2D eigenvalue weighted by atomic mass is 79.9. The Kier molecular flexibility index (Phi) is 4.96. The first-order valence-corrected chi connectivity index (χ1v) is 8.25. The third kappa shape index (κ3) is 3.78. The van der Waals surface area contributed by atoms with E-state index in [2.05, 4.69) is 21.2 Å². The van der Waals surface area contributed by atoms with Crippen LogP contribution >= 0.6 is 27.5 Å². The van der Waals surface area contributed by atoms with Crippen LogP contribution in [-0.4, -0.2) is 23.3 Å². The van der Waals surface area contributed by atoms with Crippen molar-refractivity contribution in [2.75, 3.05) is 5.32 Å². The summed E-state index contributed by atoms with van der Waals surface area (Å²) in [7, 11) is 0. The number of phenolic OH excluding ortho intramolecular Hbond substituents is 1. The topological polar surface area (TPSA) is 84.9 Å². The molecule has 2 aromatic carbocycles. The summed E-state index contributed by atoms with van der Waals surface area (Å²) in [5.41, 5.74) is 0.810. The lowest BCUT2D eigenvalue weighted by atomic mass is 10.2. The number of hydrogen-bond donors (Lipinski definition) is 2. The number of benzene rings is 2. The predicted molar refractivity (Wildman–Crippen MR) is 94.0 cm³/mol. The third-order valence-electron chi connectivity index (χ3n) is 3.30. The maximum atomic E-state index is 12.3. The highest BCUT2D eigenvalue weighted by molar-refractivity contribution is 9.10. The summed E-state index contributed by atoms with van der Waals surface area (Å²) in [5, 5.41) is 12.1. The Hall–Kier alpha value is -2.51. The van der Waals surface area contributed by atoms with E-state index in [1.54, 1.807) is 36.4 Å². The molecule has 25 heavy (non-hydrogen) atoms. The number of phenols is 1. The molecule has 1 heterocycles. The number of ether oxygens (including phenoxy) is 2. The summed E-state index contributed by atoms with van der Waals surface area (Å²) >= 11 is 9.21. The highest BCUT2D eigenvalue weighted by Crippen LogP contribution is 2.30. The van der Waals surface area contributed by atoms with Crippen LogP contribution in [0, 0.1) is 0 Å². The minimum absolute atomic E-state index is 0.0220. The van der Waals surface area contributed by atoms with Gasteiger partial charge in [-0.1, -0.05) is 29.8 Å². The number of anilines is 1. The predicted octanol–water partition coefficient (Wildman–Crippen LogP) is 3.76. The van der Waals surface area contributed by atoms with Crippen molar-refractivity contribution in [3.8, 4) is 5.75 Å². The Labute approximate surface area is 156 Å². The Balaban J connectivity index is 1.82. The number of halogens is 2. The van der Waals surface area contributed by atoms with E-state index >= 15 is 0 Å². The van der Waals surface area contributed by atoms with Crippen LogP contribution in [0.5, 0.6) is 5.75 Å². The monoisotopic (exact) mass is 423 g/mol. The van der Waals surface area contributed by atoms with Crippen LogP contribution in [0.3, 0.4) is 0 Å². The molecular formula is C17H11BrClNO5. The second-order valence-electron chi connectivity index (χ2n) is 5.03. The lowest BCUT2D eigenvalue weighted by molar-refractivity contribution is -0.152. The van der Waals surface area contributed by atoms with Crippen molar-refractivity contribution in [1.29, 1.82) is 0 Å². The normalized spacial score (nSPS) is 16.6.